The van der Waals surface area contributed by atoms with Crippen molar-refractivity contribution in [1.29, 1.82) is 0 Å². The van der Waals surface area contributed by atoms with Crippen LogP contribution >= 0.6 is 11.3 Å². The van der Waals surface area contributed by atoms with Crippen LogP contribution in [0, 0.1) is 13.8 Å². The molecule has 2 aromatic rings. The van der Waals surface area contributed by atoms with Crippen molar-refractivity contribution in [3.8, 4) is 0 Å². The van der Waals surface area contributed by atoms with E-state index in [1.807, 2.05) is 26.3 Å². The average molecular weight is 194 g/mol. The molecule has 0 saturated carbocycles. The van der Waals surface area contributed by atoms with Gasteiger partial charge in [0.15, 0.2) is 0 Å². The van der Waals surface area contributed by atoms with Gasteiger partial charge in [0.25, 0.3) is 0 Å². The first-order valence-corrected chi connectivity index (χ1v) is 5.33. The number of fused-ring (bicyclic) bond motifs is 1. The highest BCUT2D eigenvalue weighted by Crippen LogP contribution is 2.17. The van der Waals surface area contributed by atoms with Crippen molar-refractivity contribution in [1.82, 2.24) is 9.97 Å². The van der Waals surface area contributed by atoms with Gasteiger partial charge in [-0.05, 0) is 25.5 Å². The summed E-state index contributed by atoms with van der Waals surface area (Å²) in [4.78, 5) is 9.60. The van der Waals surface area contributed by atoms with Crippen molar-refractivity contribution in [3.63, 3.8) is 0 Å². The predicted octanol–water partition coefficient (Wildman–Crippen LogP) is 3.33. The van der Waals surface area contributed by atoms with E-state index in [1.54, 1.807) is 11.3 Å². The molecule has 0 spiro atoms. The minimum absolute atomic E-state index is 1.01. The summed E-state index contributed by atoms with van der Waals surface area (Å²) in [7, 11) is 0. The first-order valence-electron chi connectivity index (χ1n) is 4.45. The number of pyridine rings is 1. The van der Waals surface area contributed by atoms with Crippen LogP contribution < -0.4 is 0 Å². The highest BCUT2D eigenvalue weighted by atomic mass is 32.1. The van der Waals surface area contributed by atoms with Gasteiger partial charge >= 0.3 is 0 Å². The van der Waals surface area contributed by atoms with E-state index in [0.717, 1.165) is 16.0 Å². The van der Waals surface area contributed by atoms with Crippen LogP contribution in [-0.2, 0) is 0 Å². The van der Waals surface area contributed by atoms with Crippen LogP contribution in [0.15, 0.2) is 11.6 Å². The molecule has 2 aromatic heterocycles. The second kappa shape index (κ2) is 4.33. The third-order valence-corrected chi connectivity index (χ3v) is 2.50. The maximum atomic E-state index is 4.39. The Bertz CT molecular complexity index is 357. The van der Waals surface area contributed by atoms with Gasteiger partial charge in [-0.2, -0.15) is 0 Å². The second-order valence-electron chi connectivity index (χ2n) is 2.57. The molecule has 0 saturated heterocycles. The van der Waals surface area contributed by atoms with Gasteiger partial charge in [0, 0.05) is 5.69 Å². The van der Waals surface area contributed by atoms with E-state index >= 15 is 0 Å². The third kappa shape index (κ3) is 2.04. The number of nitrogens with zero attached hydrogens (tertiary/aromatic N) is 2. The average Bonchev–Trinajstić information content (AvgIpc) is 2.56. The fourth-order valence-electron chi connectivity index (χ4n) is 0.981. The lowest BCUT2D eigenvalue weighted by atomic mass is 10.2. The summed E-state index contributed by atoms with van der Waals surface area (Å²) in [5, 5.41) is 0. The Kier molecular flexibility index (Phi) is 3.37. The standard InChI is InChI=1S/C8H8N2S.C2H6/c1-5-3-7-8(10-6(5)2)11-4-9-7;1-2/h3-4H,1-2H3;1-2H3. The van der Waals surface area contributed by atoms with Crippen molar-refractivity contribution >= 4 is 21.7 Å². The molecule has 0 bridgehead atoms. The fraction of sp³-hybridized carbons (Fsp3) is 0.400. The van der Waals surface area contributed by atoms with E-state index in [2.05, 4.69) is 23.0 Å². The van der Waals surface area contributed by atoms with Gasteiger partial charge in [-0.3, -0.25) is 0 Å². The zero-order chi connectivity index (χ0) is 9.84. The second-order valence-corrected chi connectivity index (χ2v) is 3.40. The number of aryl methyl sites for hydroxylation is 2. The SMILES string of the molecule is CC.Cc1cc2ncsc2nc1C. The molecule has 0 N–H and O–H groups in total. The number of rotatable bonds is 0. The molecule has 0 radical (unpaired) electrons. The lowest BCUT2D eigenvalue weighted by Gasteiger charge is -1.95. The predicted molar refractivity (Wildman–Crippen MR) is 58.2 cm³/mol. The molecule has 70 valence electrons. The monoisotopic (exact) mass is 194 g/mol. The third-order valence-electron chi connectivity index (χ3n) is 1.77. The van der Waals surface area contributed by atoms with Gasteiger partial charge in [0.05, 0.1) is 5.51 Å². The molecule has 0 aromatic carbocycles. The lowest BCUT2D eigenvalue weighted by Crippen LogP contribution is -1.84. The molecular weight excluding hydrogens is 180 g/mol. The Hall–Kier alpha value is -0.960. The molecule has 0 atom stereocenters. The van der Waals surface area contributed by atoms with Crippen LogP contribution in [0.1, 0.15) is 25.1 Å². The first-order chi connectivity index (χ1) is 6.27. The van der Waals surface area contributed by atoms with Crippen LogP contribution in [0.3, 0.4) is 0 Å². The quantitative estimate of drug-likeness (QED) is 0.643. The number of hydrogen-bond donors (Lipinski definition) is 0. The van der Waals surface area contributed by atoms with Gasteiger partial charge < -0.3 is 0 Å². The molecule has 0 aliphatic carbocycles. The van der Waals surface area contributed by atoms with Gasteiger partial charge in [-0.15, -0.1) is 11.3 Å². The van der Waals surface area contributed by atoms with Gasteiger partial charge in [-0.25, -0.2) is 9.97 Å². The first kappa shape index (κ1) is 10.1. The van der Waals surface area contributed by atoms with Crippen molar-refractivity contribution in [2.24, 2.45) is 0 Å². The van der Waals surface area contributed by atoms with Crippen LogP contribution in [0.5, 0.6) is 0 Å². The Balaban J connectivity index is 0.000000396. The topological polar surface area (TPSA) is 25.8 Å². The van der Waals surface area contributed by atoms with Crippen LogP contribution in [0.2, 0.25) is 0 Å². The lowest BCUT2D eigenvalue weighted by molar-refractivity contribution is 1.20. The van der Waals surface area contributed by atoms with Crippen molar-refractivity contribution in [3.05, 3.63) is 22.8 Å². The fourth-order valence-corrected chi connectivity index (χ4v) is 1.67. The molecule has 2 rings (SSSR count). The number of hydrogen-bond acceptors (Lipinski definition) is 3. The molecule has 3 heteroatoms. The highest BCUT2D eigenvalue weighted by molar-refractivity contribution is 7.16. The van der Waals surface area contributed by atoms with Crippen LogP contribution in [0.4, 0.5) is 0 Å². The molecule has 0 aliphatic heterocycles. The molecule has 2 nitrogen and oxygen atoms in total. The Morgan fingerprint density at radius 3 is 2.62 bits per heavy atom. The molecule has 0 aliphatic rings. The maximum Gasteiger partial charge on any atom is 0.143 e. The normalized spacial score (nSPS) is 9.54. The zero-order valence-corrected chi connectivity index (χ0v) is 9.27. The summed E-state index contributed by atoms with van der Waals surface area (Å²) in [6.07, 6.45) is 0. The van der Waals surface area contributed by atoms with Crippen molar-refractivity contribution in [2.75, 3.05) is 0 Å². The van der Waals surface area contributed by atoms with E-state index < -0.39 is 0 Å². The molecule has 0 amide bonds. The van der Waals surface area contributed by atoms with E-state index in [1.165, 1.54) is 5.56 Å². The minimum atomic E-state index is 1.01. The van der Waals surface area contributed by atoms with E-state index in [9.17, 15) is 0 Å². The van der Waals surface area contributed by atoms with E-state index in [-0.39, 0.29) is 0 Å². The molecule has 2 heterocycles. The van der Waals surface area contributed by atoms with Crippen LogP contribution in [-0.4, -0.2) is 9.97 Å². The zero-order valence-electron chi connectivity index (χ0n) is 8.46. The smallest absolute Gasteiger partial charge is 0.143 e. The summed E-state index contributed by atoms with van der Waals surface area (Å²) in [6.45, 7) is 8.08. The number of thiazole rings is 1. The molecule has 13 heavy (non-hydrogen) atoms. The molecular formula is C10H14N2S. The van der Waals surface area contributed by atoms with E-state index in [0.29, 0.717) is 0 Å². The summed E-state index contributed by atoms with van der Waals surface area (Å²) in [5.74, 6) is 0. The van der Waals surface area contributed by atoms with Crippen molar-refractivity contribution < 1.29 is 0 Å². The Morgan fingerprint density at radius 2 is 1.92 bits per heavy atom. The summed E-state index contributed by atoms with van der Waals surface area (Å²) in [5.41, 5.74) is 5.15. The Morgan fingerprint density at radius 1 is 1.23 bits per heavy atom. The van der Waals surface area contributed by atoms with E-state index in [4.69, 9.17) is 0 Å². The van der Waals surface area contributed by atoms with Crippen molar-refractivity contribution in [2.45, 2.75) is 27.7 Å². The number of aromatic nitrogens is 2. The summed E-state index contributed by atoms with van der Waals surface area (Å²) in [6, 6.07) is 2.08. The molecule has 0 unspecified atom stereocenters. The summed E-state index contributed by atoms with van der Waals surface area (Å²) >= 11 is 1.59. The maximum absolute atomic E-state index is 4.39. The Labute approximate surface area is 82.7 Å². The minimum Gasteiger partial charge on any atom is -0.243 e. The van der Waals surface area contributed by atoms with Gasteiger partial charge in [0.2, 0.25) is 0 Å². The van der Waals surface area contributed by atoms with Crippen LogP contribution in [0.25, 0.3) is 10.3 Å². The summed E-state index contributed by atoms with van der Waals surface area (Å²) < 4.78 is 0. The van der Waals surface area contributed by atoms with Gasteiger partial charge in [0.1, 0.15) is 10.3 Å². The molecule has 0 fully saturated rings. The highest BCUT2D eigenvalue weighted by Gasteiger charge is 2.00. The largest absolute Gasteiger partial charge is 0.243 e. The van der Waals surface area contributed by atoms with Gasteiger partial charge in [-0.1, -0.05) is 13.8 Å².